The van der Waals surface area contributed by atoms with Crippen LogP contribution in [0.2, 0.25) is 5.02 Å². The van der Waals surface area contributed by atoms with Crippen molar-refractivity contribution in [2.45, 2.75) is 19.9 Å². The van der Waals surface area contributed by atoms with E-state index in [0.717, 1.165) is 4.57 Å². The molecule has 0 atom stereocenters. The fraction of sp³-hybridized carbons (Fsp3) is 0.316. The summed E-state index contributed by atoms with van der Waals surface area (Å²) in [5.41, 5.74) is -0.829. The summed E-state index contributed by atoms with van der Waals surface area (Å²) in [6.45, 7) is 1.51. The summed E-state index contributed by atoms with van der Waals surface area (Å²) in [5, 5.41) is 20.2. The Hall–Kier alpha value is -2.82. The highest BCUT2D eigenvalue weighted by Crippen LogP contribution is 2.25. The lowest BCUT2D eigenvalue weighted by Gasteiger charge is -2.16. The number of aromatic hydroxyl groups is 1. The molecule has 0 aliphatic rings. The predicted molar refractivity (Wildman–Crippen MR) is 99.6 cm³/mol. The van der Waals surface area contributed by atoms with Crippen LogP contribution in [0.25, 0.3) is 0 Å². The normalized spacial score (nSPS) is 10.4. The van der Waals surface area contributed by atoms with Gasteiger partial charge in [0, 0.05) is 20.3 Å². The first-order chi connectivity index (χ1) is 12.9. The number of carbonyl (C=O) groups excluding carboxylic acids is 1. The predicted octanol–water partition coefficient (Wildman–Crippen LogP) is 2.69. The summed E-state index contributed by atoms with van der Waals surface area (Å²) in [6, 6.07) is 8.47. The molecule has 1 heterocycles. The Labute approximate surface area is 161 Å². The van der Waals surface area contributed by atoms with Gasteiger partial charge in [-0.1, -0.05) is 23.7 Å². The summed E-state index contributed by atoms with van der Waals surface area (Å²) in [7, 11) is 1.51. The molecule has 27 heavy (non-hydrogen) atoms. The monoisotopic (exact) mass is 390 g/mol. The second-order valence-electron chi connectivity index (χ2n) is 5.76. The van der Waals surface area contributed by atoms with Crippen molar-refractivity contribution >= 4 is 17.4 Å². The number of benzene rings is 1. The smallest absolute Gasteiger partial charge is 0.271 e. The molecule has 0 amide bonds. The number of nitrogens with zero attached hydrogens (tertiary/aromatic N) is 2. The van der Waals surface area contributed by atoms with Gasteiger partial charge in [0.25, 0.3) is 5.56 Å². The average molecular weight is 391 g/mol. The first-order valence-electron chi connectivity index (χ1n) is 8.18. The number of nitriles is 1. The summed E-state index contributed by atoms with van der Waals surface area (Å²) < 4.78 is 11.4. The molecule has 0 spiro atoms. The summed E-state index contributed by atoms with van der Waals surface area (Å²) in [6.07, 6.45) is 0.432. The van der Waals surface area contributed by atoms with Crippen molar-refractivity contribution in [3.05, 3.63) is 56.3 Å². The Morgan fingerprint density at radius 2 is 2.07 bits per heavy atom. The fourth-order valence-corrected chi connectivity index (χ4v) is 2.83. The van der Waals surface area contributed by atoms with E-state index in [0.29, 0.717) is 23.8 Å². The third kappa shape index (κ3) is 4.48. The van der Waals surface area contributed by atoms with Gasteiger partial charge in [0.1, 0.15) is 17.4 Å². The van der Waals surface area contributed by atoms with Crippen molar-refractivity contribution in [3.8, 4) is 17.7 Å². The third-order valence-corrected chi connectivity index (χ3v) is 4.32. The van der Waals surface area contributed by atoms with Gasteiger partial charge in [-0.2, -0.15) is 5.26 Å². The molecular formula is C19H19ClN2O5. The molecule has 0 aliphatic heterocycles. The number of methoxy groups -OCH3 is 1. The van der Waals surface area contributed by atoms with Crippen LogP contribution in [-0.4, -0.2) is 35.8 Å². The van der Waals surface area contributed by atoms with Gasteiger partial charge >= 0.3 is 0 Å². The largest absolute Gasteiger partial charge is 0.494 e. The Morgan fingerprint density at radius 1 is 1.37 bits per heavy atom. The van der Waals surface area contributed by atoms with Crippen molar-refractivity contribution < 1.29 is 19.4 Å². The van der Waals surface area contributed by atoms with E-state index in [4.69, 9.17) is 21.1 Å². The van der Waals surface area contributed by atoms with Crippen LogP contribution >= 0.6 is 11.6 Å². The molecule has 0 fully saturated rings. The average Bonchev–Trinajstić information content (AvgIpc) is 2.64. The maximum Gasteiger partial charge on any atom is 0.271 e. The van der Waals surface area contributed by atoms with Crippen molar-refractivity contribution in [2.24, 2.45) is 0 Å². The van der Waals surface area contributed by atoms with Crippen molar-refractivity contribution in [1.82, 2.24) is 4.57 Å². The second kappa shape index (κ2) is 9.21. The van der Waals surface area contributed by atoms with Crippen molar-refractivity contribution in [1.29, 1.82) is 5.26 Å². The van der Waals surface area contributed by atoms with Gasteiger partial charge in [-0.15, -0.1) is 0 Å². The van der Waals surface area contributed by atoms with Crippen LogP contribution < -0.4 is 10.3 Å². The molecule has 8 heteroatoms. The van der Waals surface area contributed by atoms with E-state index in [9.17, 15) is 20.0 Å². The molecule has 0 bridgehead atoms. The Morgan fingerprint density at radius 3 is 2.70 bits per heavy atom. The number of rotatable bonds is 8. The summed E-state index contributed by atoms with van der Waals surface area (Å²) in [4.78, 5) is 25.1. The maximum absolute atomic E-state index is 12.7. The van der Waals surface area contributed by atoms with Gasteiger partial charge < -0.3 is 14.6 Å². The molecule has 7 nitrogen and oxygen atoms in total. The highest BCUT2D eigenvalue weighted by molar-refractivity contribution is 6.32. The molecule has 2 rings (SSSR count). The molecule has 2 aromatic rings. The minimum absolute atomic E-state index is 0.110. The van der Waals surface area contributed by atoms with Crippen LogP contribution in [0.1, 0.15) is 27.9 Å². The number of ketones is 1. The molecule has 0 radical (unpaired) electrons. The lowest BCUT2D eigenvalue weighted by atomic mass is 10.0. The van der Waals surface area contributed by atoms with Crippen molar-refractivity contribution in [2.75, 3.05) is 20.3 Å². The zero-order chi connectivity index (χ0) is 20.0. The van der Waals surface area contributed by atoms with Gasteiger partial charge in [-0.05, 0) is 31.0 Å². The topological polar surface area (TPSA) is 102 Å². The first-order valence-corrected chi connectivity index (χ1v) is 8.56. The van der Waals surface area contributed by atoms with E-state index in [-0.39, 0.29) is 23.2 Å². The molecule has 1 aromatic heterocycles. The van der Waals surface area contributed by atoms with E-state index in [1.807, 2.05) is 6.07 Å². The van der Waals surface area contributed by atoms with Gasteiger partial charge in [0.15, 0.2) is 6.61 Å². The number of para-hydroxylation sites is 1. The molecule has 0 saturated carbocycles. The number of halogens is 1. The van der Waals surface area contributed by atoms with Gasteiger partial charge in [0.05, 0.1) is 10.6 Å². The summed E-state index contributed by atoms with van der Waals surface area (Å²) in [5.74, 6) is -0.735. The highest BCUT2D eigenvalue weighted by atomic mass is 35.5. The van der Waals surface area contributed by atoms with Gasteiger partial charge in [-0.25, -0.2) is 0 Å². The molecule has 0 saturated heterocycles. The molecule has 1 N–H and O–H groups in total. The zero-order valence-corrected chi connectivity index (χ0v) is 15.7. The zero-order valence-electron chi connectivity index (χ0n) is 15.0. The van der Waals surface area contributed by atoms with Crippen LogP contribution in [0.15, 0.2) is 29.1 Å². The molecule has 0 unspecified atom stereocenters. The Kier molecular flexibility index (Phi) is 6.99. The van der Waals surface area contributed by atoms with Crippen LogP contribution in [0.3, 0.4) is 0 Å². The quantitative estimate of drug-likeness (QED) is 0.549. The van der Waals surface area contributed by atoms with E-state index in [1.165, 1.54) is 14.0 Å². The number of carbonyl (C=O) groups is 1. The van der Waals surface area contributed by atoms with E-state index < -0.39 is 23.8 Å². The molecular weight excluding hydrogens is 372 g/mol. The van der Waals surface area contributed by atoms with Gasteiger partial charge in [0.2, 0.25) is 11.7 Å². The minimum atomic E-state index is -0.646. The standard InChI is InChI=1S/C19H19ClN2O5/c1-12-13(10-21)18(24)22(8-5-9-26-2)19(25)17(12)15(23)11-27-16-7-4-3-6-14(16)20/h3-4,6-7,25H,5,8-9,11H2,1-2H3. The van der Waals surface area contributed by atoms with Crippen LogP contribution in [0.5, 0.6) is 11.6 Å². The number of pyridine rings is 1. The Bertz CT molecular complexity index is 946. The van der Waals surface area contributed by atoms with E-state index in [1.54, 1.807) is 24.3 Å². The molecule has 142 valence electrons. The third-order valence-electron chi connectivity index (χ3n) is 4.00. The number of hydrogen-bond acceptors (Lipinski definition) is 6. The first kappa shape index (κ1) is 20.5. The Balaban J connectivity index is 2.38. The number of ether oxygens (including phenoxy) is 2. The second-order valence-corrected chi connectivity index (χ2v) is 6.16. The minimum Gasteiger partial charge on any atom is -0.494 e. The van der Waals surface area contributed by atoms with E-state index in [2.05, 4.69) is 0 Å². The molecule has 0 aliphatic carbocycles. The van der Waals surface area contributed by atoms with Crippen molar-refractivity contribution in [3.63, 3.8) is 0 Å². The summed E-state index contributed by atoms with van der Waals surface area (Å²) >= 11 is 5.99. The van der Waals surface area contributed by atoms with Crippen LogP contribution in [-0.2, 0) is 11.3 Å². The maximum atomic E-state index is 12.7. The lowest BCUT2D eigenvalue weighted by Crippen LogP contribution is -2.28. The highest BCUT2D eigenvalue weighted by Gasteiger charge is 2.24. The van der Waals surface area contributed by atoms with E-state index >= 15 is 0 Å². The fourth-order valence-electron chi connectivity index (χ4n) is 2.64. The number of aromatic nitrogens is 1. The SMILES string of the molecule is COCCCn1c(O)c(C(=O)COc2ccccc2Cl)c(C)c(C#N)c1=O. The van der Waals surface area contributed by atoms with Crippen LogP contribution in [0, 0.1) is 18.3 Å². The molecule has 1 aromatic carbocycles. The van der Waals surface area contributed by atoms with Gasteiger partial charge in [-0.3, -0.25) is 14.2 Å². The number of hydrogen-bond donors (Lipinski definition) is 1. The lowest BCUT2D eigenvalue weighted by molar-refractivity contribution is 0.0916. The van der Waals surface area contributed by atoms with Crippen LogP contribution in [0.4, 0.5) is 0 Å². The number of Topliss-reactive ketones (excluding diaryl/α,β-unsaturated/α-hetero) is 1.